The van der Waals surface area contributed by atoms with Crippen LogP contribution in [0.5, 0.6) is 5.75 Å². The highest BCUT2D eigenvalue weighted by Crippen LogP contribution is 2.31. The van der Waals surface area contributed by atoms with E-state index in [2.05, 4.69) is 71.2 Å². The number of hydrazone groups is 1. The summed E-state index contributed by atoms with van der Waals surface area (Å²) in [5.74, 6) is 11.4. The molecule has 1 amide bonds. The lowest BCUT2D eigenvalue weighted by Crippen LogP contribution is -2.32. The minimum Gasteiger partial charge on any atom is -0.496 e. The van der Waals surface area contributed by atoms with Gasteiger partial charge in [0.1, 0.15) is 12.1 Å². The van der Waals surface area contributed by atoms with Crippen molar-refractivity contribution in [1.29, 1.82) is 0 Å². The zero-order valence-corrected chi connectivity index (χ0v) is 36.6. The van der Waals surface area contributed by atoms with Gasteiger partial charge in [0, 0.05) is 25.2 Å². The highest BCUT2D eigenvalue weighted by molar-refractivity contribution is 6.42. The van der Waals surface area contributed by atoms with Crippen molar-refractivity contribution in [3.8, 4) is 5.75 Å². The van der Waals surface area contributed by atoms with E-state index in [0.717, 1.165) is 36.2 Å². The van der Waals surface area contributed by atoms with Crippen LogP contribution >= 0.6 is 23.2 Å². The monoisotopic (exact) mass is 784 g/mol. The van der Waals surface area contributed by atoms with Crippen LogP contribution < -0.4 is 21.4 Å². The quantitative estimate of drug-likeness (QED) is 0.0556. The number of amides is 1. The molecule has 0 radical (unpaired) electrons. The first-order valence-corrected chi connectivity index (χ1v) is 19.9. The summed E-state index contributed by atoms with van der Waals surface area (Å²) >= 11 is 12.3. The predicted octanol–water partition coefficient (Wildman–Crippen LogP) is 12.9. The number of hydrogen-bond acceptors (Lipinski definition) is 6. The number of carbonyl (C=O) groups is 1. The number of nitrogens with two attached hydrogens (primary N) is 2. The number of aryl methyl sites for hydroxylation is 1. The zero-order valence-electron chi connectivity index (χ0n) is 35.1. The molecule has 4 N–H and O–H groups in total. The average molecular weight is 786 g/mol. The van der Waals surface area contributed by atoms with Gasteiger partial charge in [-0.3, -0.25) is 14.8 Å². The molecular formula is C44H70Cl2N6O2. The maximum Gasteiger partial charge on any atom is 0.257 e. The van der Waals surface area contributed by atoms with Crippen LogP contribution in [0.2, 0.25) is 10.0 Å². The fraction of sp³-hybridized carbons (Fsp3) is 0.477. The van der Waals surface area contributed by atoms with E-state index >= 15 is 0 Å². The van der Waals surface area contributed by atoms with Gasteiger partial charge in [0.15, 0.2) is 0 Å². The lowest BCUT2D eigenvalue weighted by molar-refractivity contribution is 0.0781. The lowest BCUT2D eigenvalue weighted by Gasteiger charge is -2.26. The summed E-state index contributed by atoms with van der Waals surface area (Å²) < 4.78 is 5.38. The van der Waals surface area contributed by atoms with E-state index in [4.69, 9.17) is 39.6 Å². The Bertz CT molecular complexity index is 1500. The third-order valence-corrected chi connectivity index (χ3v) is 8.49. The number of anilines is 1. The first kappa shape index (κ1) is 52.3. The molecule has 3 rings (SSSR count). The molecule has 0 spiro atoms. The van der Waals surface area contributed by atoms with Crippen LogP contribution in [-0.2, 0) is 0 Å². The van der Waals surface area contributed by atoms with Crippen molar-refractivity contribution < 1.29 is 9.53 Å². The predicted molar refractivity (Wildman–Crippen MR) is 239 cm³/mol. The number of ether oxygens (including phenoxy) is 1. The third-order valence-electron chi connectivity index (χ3n) is 7.75. The highest BCUT2D eigenvalue weighted by atomic mass is 35.5. The number of benzene rings is 3. The minimum atomic E-state index is -0.187. The average Bonchev–Trinajstić information content (AvgIpc) is 3.17. The molecule has 0 aliphatic carbocycles. The number of nitrogens with zero attached hydrogens (tertiary/aromatic N) is 4. The van der Waals surface area contributed by atoms with Crippen molar-refractivity contribution in [1.82, 2.24) is 4.90 Å². The van der Waals surface area contributed by atoms with Crippen LogP contribution in [0.3, 0.4) is 0 Å². The number of carbonyl (C=O) groups excluding carboxylic acids is 1. The summed E-state index contributed by atoms with van der Waals surface area (Å²) in [5.41, 5.74) is 5.39. The zero-order chi connectivity index (χ0) is 41.5. The Kier molecular flexibility index (Phi) is 31.5. The molecule has 54 heavy (non-hydrogen) atoms. The third kappa shape index (κ3) is 22.4. The largest absolute Gasteiger partial charge is 0.496 e. The van der Waals surface area contributed by atoms with Crippen molar-refractivity contribution in [2.75, 3.05) is 25.7 Å². The maximum atomic E-state index is 13.2. The van der Waals surface area contributed by atoms with E-state index in [9.17, 15) is 4.79 Å². The van der Waals surface area contributed by atoms with Gasteiger partial charge in [-0.2, -0.15) is 5.10 Å². The minimum absolute atomic E-state index is 0.114. The van der Waals surface area contributed by atoms with E-state index in [1.54, 1.807) is 36.2 Å². The fourth-order valence-electron chi connectivity index (χ4n) is 4.54. The van der Waals surface area contributed by atoms with Crippen molar-refractivity contribution in [2.24, 2.45) is 21.8 Å². The SMILES string of the molecule is C=CCC.CC(C)=Nc1ccccc1C.CCCC.CCCC(CN(C)C(=O)c1cc(N(N)/C=N\N)ccc1OC)c1ccc(Cl)c(Cl)c1.CCCCC. The highest BCUT2D eigenvalue weighted by Gasteiger charge is 2.22. The Morgan fingerprint density at radius 2 is 1.52 bits per heavy atom. The van der Waals surface area contributed by atoms with E-state index in [0.29, 0.717) is 33.6 Å². The van der Waals surface area contributed by atoms with Crippen molar-refractivity contribution in [2.45, 2.75) is 120 Å². The number of rotatable bonds is 14. The second-order valence-corrected chi connectivity index (χ2v) is 13.6. The van der Waals surface area contributed by atoms with Gasteiger partial charge in [-0.15, -0.1) is 6.58 Å². The molecule has 302 valence electrons. The number of aliphatic imine (C=N–C) groups is 1. The summed E-state index contributed by atoms with van der Waals surface area (Å²) in [5, 5.41) is 5.64. The molecule has 0 heterocycles. The number of halogens is 2. The fourth-order valence-corrected chi connectivity index (χ4v) is 4.85. The smallest absolute Gasteiger partial charge is 0.257 e. The van der Waals surface area contributed by atoms with Gasteiger partial charge in [0.25, 0.3) is 5.91 Å². The number of methoxy groups -OCH3 is 1. The molecule has 0 fully saturated rings. The van der Waals surface area contributed by atoms with Crippen molar-refractivity contribution in [3.05, 3.63) is 100 Å². The molecule has 0 saturated heterocycles. The number of hydrogen-bond donors (Lipinski definition) is 2. The molecule has 8 nitrogen and oxygen atoms in total. The molecule has 0 aliphatic rings. The Morgan fingerprint density at radius 1 is 0.907 bits per heavy atom. The van der Waals surface area contributed by atoms with E-state index in [1.165, 1.54) is 56.1 Å². The molecule has 3 aromatic rings. The molecule has 3 aromatic carbocycles. The van der Waals surface area contributed by atoms with Crippen molar-refractivity contribution in [3.63, 3.8) is 0 Å². The molecule has 10 heteroatoms. The summed E-state index contributed by atoms with van der Waals surface area (Å²) in [4.78, 5) is 19.3. The standard InChI is InChI=1S/C21H27Cl2N5O2.C10H13N.C5H12.C4H10.C4H8/c1-4-5-15(14-6-8-18(22)19(23)10-14)12-27(2)21(29)17-11-16(28(25)13-26-24)7-9-20(17)30-3;1-8(2)11-10-7-5-4-6-9(10)3;1-3-5-4-2;2*1-3-4-2/h6-11,13,15H,4-5,12,24-25H2,1-3H3;4-7H,1-3H3;3-5H2,1-2H3;3-4H2,1-2H3;3H,1,4H2,2H3/b26-13-;;;;. The second-order valence-electron chi connectivity index (χ2n) is 12.8. The number of para-hydroxylation sites is 1. The molecular weight excluding hydrogens is 715 g/mol. The van der Waals surface area contributed by atoms with Crippen LogP contribution in [0.1, 0.15) is 134 Å². The normalized spacial score (nSPS) is 10.4. The maximum absolute atomic E-state index is 13.2. The summed E-state index contributed by atoms with van der Waals surface area (Å²) in [6.45, 7) is 23.0. The van der Waals surface area contributed by atoms with Crippen molar-refractivity contribution >= 4 is 52.5 Å². The van der Waals surface area contributed by atoms with E-state index in [1.807, 2.05) is 50.3 Å². The van der Waals surface area contributed by atoms with Gasteiger partial charge in [-0.25, -0.2) is 5.84 Å². The Labute approximate surface area is 338 Å². The van der Waals surface area contributed by atoms with Crippen LogP contribution in [-0.4, -0.2) is 43.6 Å². The van der Waals surface area contributed by atoms with Gasteiger partial charge in [-0.05, 0) is 81.1 Å². The molecule has 0 bridgehead atoms. The molecule has 0 saturated carbocycles. The lowest BCUT2D eigenvalue weighted by atomic mass is 9.93. The Morgan fingerprint density at radius 3 is 1.96 bits per heavy atom. The Hall–Kier alpha value is -3.85. The summed E-state index contributed by atoms with van der Waals surface area (Å²) in [6, 6.07) is 18.8. The van der Waals surface area contributed by atoms with Gasteiger partial charge >= 0.3 is 0 Å². The van der Waals surface area contributed by atoms with Crippen LogP contribution in [0.15, 0.2) is 83.4 Å². The molecule has 1 atom stereocenters. The number of unbranched alkanes of at least 4 members (excludes halogenated alkanes) is 3. The van der Waals surface area contributed by atoms with Crippen LogP contribution in [0.4, 0.5) is 11.4 Å². The van der Waals surface area contributed by atoms with Crippen LogP contribution in [0, 0.1) is 6.92 Å². The first-order valence-electron chi connectivity index (χ1n) is 19.1. The number of likely N-dealkylation sites (N-methyl/N-ethyl adjacent to an activating group) is 1. The first-order chi connectivity index (χ1) is 25.8. The van der Waals surface area contributed by atoms with Gasteiger partial charge in [0.05, 0.1) is 34.1 Å². The number of allylic oxidation sites excluding steroid dienone is 1. The van der Waals surface area contributed by atoms with Gasteiger partial charge in [0.2, 0.25) is 0 Å². The van der Waals surface area contributed by atoms with Crippen LogP contribution in [0.25, 0.3) is 0 Å². The summed E-state index contributed by atoms with van der Waals surface area (Å²) in [7, 11) is 3.28. The van der Waals surface area contributed by atoms with E-state index < -0.39 is 0 Å². The van der Waals surface area contributed by atoms with Gasteiger partial charge < -0.3 is 15.5 Å². The second kappa shape index (κ2) is 32.6. The molecule has 1 unspecified atom stereocenters. The summed E-state index contributed by atoms with van der Waals surface area (Å²) in [6.07, 6.45) is 12.8. The topological polar surface area (TPSA) is 110 Å². The molecule has 0 aromatic heterocycles. The number of hydrazine groups is 1. The Balaban J connectivity index is 0. The van der Waals surface area contributed by atoms with E-state index in [-0.39, 0.29) is 11.8 Å². The van der Waals surface area contributed by atoms with Gasteiger partial charge in [-0.1, -0.05) is 134 Å². The molecule has 0 aliphatic heterocycles.